The Hall–Kier alpha value is -2.93. The average Bonchev–Trinajstić information content (AvgIpc) is 3.17. The van der Waals surface area contributed by atoms with Gasteiger partial charge in [0, 0.05) is 23.1 Å². The molecule has 1 spiro atoms. The molecule has 0 saturated carbocycles. The van der Waals surface area contributed by atoms with E-state index in [1.807, 2.05) is 38.1 Å². The molecular formula is C24H21BrN2O4. The number of anilines is 1. The summed E-state index contributed by atoms with van der Waals surface area (Å²) in [7, 11) is 0. The molecule has 2 aliphatic heterocycles. The van der Waals surface area contributed by atoms with Crippen molar-refractivity contribution in [2.75, 3.05) is 18.0 Å². The van der Waals surface area contributed by atoms with Gasteiger partial charge in [0.05, 0.1) is 16.6 Å². The van der Waals surface area contributed by atoms with Crippen molar-refractivity contribution in [3.63, 3.8) is 0 Å². The quantitative estimate of drug-likeness (QED) is 0.553. The molecule has 31 heavy (non-hydrogen) atoms. The molecule has 158 valence electrons. The second-order valence-corrected chi connectivity index (χ2v) is 8.78. The fourth-order valence-electron chi connectivity index (χ4n) is 4.89. The van der Waals surface area contributed by atoms with Gasteiger partial charge in [-0.2, -0.15) is 0 Å². The number of unbranched alkanes of at least 4 members (excludes halogenated alkanes) is 1. The summed E-state index contributed by atoms with van der Waals surface area (Å²) in [4.78, 5) is 44.6. The summed E-state index contributed by atoms with van der Waals surface area (Å²) in [6.07, 6.45) is 1.56. The van der Waals surface area contributed by atoms with E-state index in [9.17, 15) is 14.4 Å². The summed E-state index contributed by atoms with van der Waals surface area (Å²) >= 11 is 3.41. The van der Waals surface area contributed by atoms with Crippen molar-refractivity contribution in [2.24, 2.45) is 0 Å². The van der Waals surface area contributed by atoms with E-state index in [0.717, 1.165) is 16.6 Å². The van der Waals surface area contributed by atoms with Crippen LogP contribution in [-0.2, 0) is 10.3 Å². The molecule has 2 aliphatic rings. The number of para-hydroxylation sites is 1. The first-order valence-electron chi connectivity index (χ1n) is 10.5. The lowest BCUT2D eigenvalue weighted by Crippen LogP contribution is -2.53. The smallest absolute Gasteiger partial charge is 0.291 e. The van der Waals surface area contributed by atoms with Crippen LogP contribution in [0.25, 0.3) is 11.0 Å². The lowest BCUT2D eigenvalue weighted by Gasteiger charge is -2.34. The fourth-order valence-corrected chi connectivity index (χ4v) is 5.25. The Balaban J connectivity index is 1.92. The predicted octanol–water partition coefficient (Wildman–Crippen LogP) is 4.42. The Bertz CT molecular complexity index is 1310. The maximum absolute atomic E-state index is 14.0. The third-order valence-electron chi connectivity index (χ3n) is 6.25. The summed E-state index contributed by atoms with van der Waals surface area (Å²) < 4.78 is 6.72. The summed E-state index contributed by atoms with van der Waals surface area (Å²) in [5, 5.41) is 0.345. The van der Waals surface area contributed by atoms with Gasteiger partial charge in [0.25, 0.3) is 11.8 Å². The zero-order chi connectivity index (χ0) is 21.9. The Morgan fingerprint density at radius 3 is 2.58 bits per heavy atom. The highest BCUT2D eigenvalue weighted by molar-refractivity contribution is 9.10. The molecule has 0 fully saturated rings. The molecule has 0 saturated heterocycles. The molecule has 3 heterocycles. The van der Waals surface area contributed by atoms with Crippen LogP contribution in [0, 0.1) is 0 Å². The van der Waals surface area contributed by atoms with E-state index < -0.39 is 11.4 Å². The lowest BCUT2D eigenvalue weighted by atomic mass is 9.84. The summed E-state index contributed by atoms with van der Waals surface area (Å²) in [5.74, 6) is -0.718. The first-order chi connectivity index (χ1) is 15.0. The van der Waals surface area contributed by atoms with Gasteiger partial charge in [-0.05, 0) is 37.6 Å². The van der Waals surface area contributed by atoms with Gasteiger partial charge in [0.1, 0.15) is 5.58 Å². The van der Waals surface area contributed by atoms with Gasteiger partial charge >= 0.3 is 0 Å². The van der Waals surface area contributed by atoms with E-state index in [1.54, 1.807) is 28.0 Å². The minimum atomic E-state index is -1.49. The second kappa shape index (κ2) is 7.05. The van der Waals surface area contributed by atoms with E-state index >= 15 is 0 Å². The third-order valence-corrected chi connectivity index (χ3v) is 6.74. The van der Waals surface area contributed by atoms with Gasteiger partial charge in [-0.25, -0.2) is 0 Å². The highest BCUT2D eigenvalue weighted by atomic mass is 79.9. The van der Waals surface area contributed by atoms with E-state index in [2.05, 4.69) is 15.9 Å². The van der Waals surface area contributed by atoms with Crippen molar-refractivity contribution < 1.29 is 14.0 Å². The van der Waals surface area contributed by atoms with Crippen molar-refractivity contribution in [2.45, 2.75) is 32.2 Å². The average molecular weight is 481 g/mol. The topological polar surface area (TPSA) is 70.8 Å². The number of hydrogen-bond acceptors (Lipinski definition) is 4. The molecular weight excluding hydrogens is 460 g/mol. The van der Waals surface area contributed by atoms with E-state index in [1.165, 1.54) is 0 Å². The Labute approximate surface area is 187 Å². The number of carbonyl (C=O) groups excluding carboxylic acids is 2. The molecule has 1 unspecified atom stereocenters. The monoisotopic (exact) mass is 480 g/mol. The molecule has 5 rings (SSSR count). The molecule has 2 aromatic carbocycles. The van der Waals surface area contributed by atoms with Gasteiger partial charge in [-0.3, -0.25) is 14.4 Å². The number of halogens is 1. The number of amides is 2. The summed E-state index contributed by atoms with van der Waals surface area (Å²) in [6, 6.07) is 12.5. The standard InChI is InChI=1S/C24H21BrN2O4/c1-3-5-12-27-22(29)21-19(20(28)15-13-14(25)10-11-18(15)31-21)24(27)16-8-6-7-9-17(16)26(4-2)23(24)30/h6-11,13H,3-5,12H2,1-2H3. The van der Waals surface area contributed by atoms with Gasteiger partial charge < -0.3 is 14.2 Å². The summed E-state index contributed by atoms with van der Waals surface area (Å²) in [5.41, 5.74) is 0.0146. The van der Waals surface area contributed by atoms with Crippen LogP contribution in [0.4, 0.5) is 5.69 Å². The van der Waals surface area contributed by atoms with Crippen LogP contribution in [0.2, 0.25) is 0 Å². The number of benzene rings is 2. The van der Waals surface area contributed by atoms with Crippen LogP contribution in [-0.4, -0.2) is 29.8 Å². The first kappa shape index (κ1) is 20.0. The minimum Gasteiger partial charge on any atom is -0.450 e. The largest absolute Gasteiger partial charge is 0.450 e. The highest BCUT2D eigenvalue weighted by Gasteiger charge is 2.64. The molecule has 2 amide bonds. The van der Waals surface area contributed by atoms with E-state index in [4.69, 9.17) is 4.42 Å². The van der Waals surface area contributed by atoms with Crippen LogP contribution in [0.5, 0.6) is 0 Å². The Morgan fingerprint density at radius 2 is 1.84 bits per heavy atom. The first-order valence-corrected chi connectivity index (χ1v) is 11.3. The van der Waals surface area contributed by atoms with Crippen LogP contribution in [0.3, 0.4) is 0 Å². The zero-order valence-electron chi connectivity index (χ0n) is 17.3. The maximum atomic E-state index is 14.0. The van der Waals surface area contributed by atoms with Crippen LogP contribution in [0.1, 0.15) is 48.4 Å². The van der Waals surface area contributed by atoms with Crippen molar-refractivity contribution in [3.8, 4) is 0 Å². The molecule has 0 N–H and O–H groups in total. The van der Waals surface area contributed by atoms with Gasteiger partial charge in [0.15, 0.2) is 11.0 Å². The number of hydrogen-bond donors (Lipinski definition) is 0. The third kappa shape index (κ3) is 2.47. The highest BCUT2D eigenvalue weighted by Crippen LogP contribution is 2.52. The lowest BCUT2D eigenvalue weighted by molar-refractivity contribution is -0.126. The normalized spacial score (nSPS) is 19.6. The van der Waals surface area contributed by atoms with Crippen molar-refractivity contribution in [1.29, 1.82) is 0 Å². The SMILES string of the molecule is CCCCN1C(=O)c2oc3ccc(Br)cc3c(=O)c2C12C(=O)N(CC)c1ccccc12. The number of likely N-dealkylation sites (N-methyl/N-ethyl adjacent to an activating group) is 1. The van der Waals surface area contributed by atoms with Crippen LogP contribution >= 0.6 is 15.9 Å². The second-order valence-electron chi connectivity index (χ2n) is 7.86. The fraction of sp³-hybridized carbons (Fsp3) is 0.292. The molecule has 6 nitrogen and oxygen atoms in total. The Morgan fingerprint density at radius 1 is 1.06 bits per heavy atom. The molecule has 0 aliphatic carbocycles. The van der Waals surface area contributed by atoms with Crippen molar-refractivity contribution in [3.05, 3.63) is 74.0 Å². The number of nitrogens with zero attached hydrogens (tertiary/aromatic N) is 2. The molecule has 0 bridgehead atoms. The number of rotatable bonds is 4. The van der Waals surface area contributed by atoms with Crippen LogP contribution < -0.4 is 10.3 Å². The molecule has 0 radical (unpaired) electrons. The van der Waals surface area contributed by atoms with Crippen LogP contribution in [0.15, 0.2) is 56.1 Å². The van der Waals surface area contributed by atoms with E-state index in [-0.39, 0.29) is 22.7 Å². The number of carbonyl (C=O) groups is 2. The number of fused-ring (bicyclic) bond motifs is 5. The molecule has 3 aromatic rings. The molecule has 7 heteroatoms. The van der Waals surface area contributed by atoms with E-state index in [0.29, 0.717) is 36.0 Å². The van der Waals surface area contributed by atoms with Gasteiger partial charge in [-0.15, -0.1) is 0 Å². The van der Waals surface area contributed by atoms with Gasteiger partial charge in [0.2, 0.25) is 5.76 Å². The molecule has 1 aromatic heterocycles. The zero-order valence-corrected chi connectivity index (χ0v) is 18.9. The van der Waals surface area contributed by atoms with Gasteiger partial charge in [-0.1, -0.05) is 47.5 Å². The maximum Gasteiger partial charge on any atom is 0.291 e. The minimum absolute atomic E-state index is 0.0305. The predicted molar refractivity (Wildman–Crippen MR) is 121 cm³/mol. The Kier molecular flexibility index (Phi) is 4.55. The molecule has 1 atom stereocenters. The van der Waals surface area contributed by atoms with Crippen molar-refractivity contribution in [1.82, 2.24) is 4.90 Å². The van der Waals surface area contributed by atoms with Crippen molar-refractivity contribution >= 4 is 44.4 Å². The summed E-state index contributed by atoms with van der Waals surface area (Å²) in [6.45, 7) is 4.71.